The number of β-lactam (4-membered cyclic amide) rings is 1. The van der Waals surface area contributed by atoms with Gasteiger partial charge >= 0.3 is 5.97 Å². The maximum atomic E-state index is 13.2. The molecule has 3 aliphatic heterocycles. The van der Waals surface area contributed by atoms with Crippen LogP contribution in [-0.2, 0) is 30.6 Å². The van der Waals surface area contributed by atoms with Crippen LogP contribution in [-0.4, -0.2) is 80.5 Å². The standard InChI is InChI=1S/C23H23N7O6S3/c1-37-14-4-2-3-7-29(14)8-11-9-38-21-16(20(33)30(21)17(11)22(34)35)27-19(32)15(12-10-39-23(24)26-12)28-36-13-5-6-25-18(13)31/h2-4,7,10,13,16,21H,5-6,8-9H2,1H3,(H4-,24,25,26,27,31,32,34,35)/p+1/b28-15-/t13-,16+,21-/m0/s1. The zero-order valence-electron chi connectivity index (χ0n) is 20.5. The summed E-state index contributed by atoms with van der Waals surface area (Å²) in [5.74, 6) is -2.50. The number of aromatic nitrogens is 2. The van der Waals surface area contributed by atoms with E-state index in [1.54, 1.807) is 0 Å². The molecule has 0 bridgehead atoms. The number of carboxylic acids is 1. The Kier molecular flexibility index (Phi) is 7.76. The van der Waals surface area contributed by atoms with Crippen molar-refractivity contribution < 1.29 is 33.7 Å². The van der Waals surface area contributed by atoms with Gasteiger partial charge in [-0.05, 0) is 12.3 Å². The van der Waals surface area contributed by atoms with Crippen molar-refractivity contribution in [1.82, 2.24) is 20.5 Å². The molecule has 0 unspecified atom stereocenters. The van der Waals surface area contributed by atoms with E-state index in [2.05, 4.69) is 20.8 Å². The number of nitrogens with one attached hydrogen (secondary N) is 2. The largest absolute Gasteiger partial charge is 0.477 e. The molecule has 16 heteroatoms. The lowest BCUT2D eigenvalue weighted by atomic mass is 10.0. The minimum Gasteiger partial charge on any atom is -0.477 e. The third kappa shape index (κ3) is 5.31. The molecule has 204 valence electrons. The highest BCUT2D eigenvalue weighted by molar-refractivity contribution is 8.00. The number of hydrogen-bond acceptors (Lipinski definition) is 11. The van der Waals surface area contributed by atoms with Crippen LogP contribution in [0.1, 0.15) is 12.1 Å². The number of oxime groups is 1. The third-order valence-corrected chi connectivity index (χ3v) is 9.06. The SMILES string of the molecule is CSc1cccc[n+]1CC1=C(C(=O)O)N2C(=O)[C@@H](NC(=O)/C(=N\O[C@H]3CCNC3=O)c3csc(N)n3)[C@@H]2SC1. The lowest BCUT2D eigenvalue weighted by Gasteiger charge is -2.49. The van der Waals surface area contributed by atoms with Crippen LogP contribution in [0.4, 0.5) is 5.13 Å². The molecule has 2 aromatic heterocycles. The maximum Gasteiger partial charge on any atom is 0.352 e. The molecule has 0 saturated carbocycles. The minimum absolute atomic E-state index is 0.0746. The molecule has 2 aromatic rings. The summed E-state index contributed by atoms with van der Waals surface area (Å²) in [6.07, 6.45) is 3.33. The van der Waals surface area contributed by atoms with Gasteiger partial charge in [-0.15, -0.1) is 23.1 Å². The fourth-order valence-electron chi connectivity index (χ4n) is 4.39. The van der Waals surface area contributed by atoms with Crippen LogP contribution in [0.2, 0.25) is 0 Å². The van der Waals surface area contributed by atoms with E-state index in [0.29, 0.717) is 30.8 Å². The summed E-state index contributed by atoms with van der Waals surface area (Å²) >= 11 is 3.99. The smallest absolute Gasteiger partial charge is 0.352 e. The number of pyridine rings is 1. The van der Waals surface area contributed by atoms with Crippen LogP contribution in [0.15, 0.2) is 51.2 Å². The summed E-state index contributed by atoms with van der Waals surface area (Å²) in [5, 5.41) is 21.2. The Balaban J connectivity index is 1.35. The van der Waals surface area contributed by atoms with Gasteiger partial charge in [0, 0.05) is 41.8 Å². The summed E-state index contributed by atoms with van der Waals surface area (Å²) in [5.41, 5.74) is 6.13. The van der Waals surface area contributed by atoms with Crippen LogP contribution in [0.3, 0.4) is 0 Å². The molecule has 2 saturated heterocycles. The lowest BCUT2D eigenvalue weighted by Crippen LogP contribution is -2.71. The molecule has 2 fully saturated rings. The van der Waals surface area contributed by atoms with E-state index in [9.17, 15) is 24.3 Å². The van der Waals surface area contributed by atoms with Crippen molar-refractivity contribution in [3.63, 3.8) is 0 Å². The lowest BCUT2D eigenvalue weighted by molar-refractivity contribution is -0.725. The van der Waals surface area contributed by atoms with E-state index in [-0.39, 0.29) is 28.1 Å². The van der Waals surface area contributed by atoms with Crippen molar-refractivity contribution in [3.8, 4) is 0 Å². The first-order chi connectivity index (χ1) is 18.8. The van der Waals surface area contributed by atoms with Crippen molar-refractivity contribution in [1.29, 1.82) is 0 Å². The van der Waals surface area contributed by atoms with Gasteiger partial charge in [-0.1, -0.05) is 16.9 Å². The molecule has 0 spiro atoms. The van der Waals surface area contributed by atoms with Gasteiger partial charge < -0.3 is 26.3 Å². The zero-order chi connectivity index (χ0) is 27.7. The molecular weight excluding hydrogens is 566 g/mol. The van der Waals surface area contributed by atoms with Gasteiger partial charge in [0.2, 0.25) is 11.1 Å². The normalized spacial score (nSPS) is 22.7. The molecule has 5 rings (SSSR count). The molecular formula is C23H24N7O6S3+. The average Bonchev–Trinajstić information content (AvgIpc) is 3.54. The number of anilines is 1. The molecule has 5 heterocycles. The predicted molar refractivity (Wildman–Crippen MR) is 144 cm³/mol. The summed E-state index contributed by atoms with van der Waals surface area (Å²) in [6.45, 7) is 0.742. The van der Waals surface area contributed by atoms with E-state index in [1.807, 2.05) is 35.2 Å². The van der Waals surface area contributed by atoms with Gasteiger partial charge in [-0.25, -0.2) is 9.78 Å². The van der Waals surface area contributed by atoms with Crippen molar-refractivity contribution in [2.45, 2.75) is 35.5 Å². The Morgan fingerprint density at radius 1 is 1.41 bits per heavy atom. The van der Waals surface area contributed by atoms with Crippen LogP contribution >= 0.6 is 34.9 Å². The maximum absolute atomic E-state index is 13.2. The van der Waals surface area contributed by atoms with E-state index in [0.717, 1.165) is 16.4 Å². The fraction of sp³-hybridized carbons (Fsp3) is 0.348. The van der Waals surface area contributed by atoms with Crippen LogP contribution in [0.25, 0.3) is 0 Å². The Morgan fingerprint density at radius 3 is 2.90 bits per heavy atom. The van der Waals surface area contributed by atoms with Crippen LogP contribution in [0.5, 0.6) is 0 Å². The molecule has 39 heavy (non-hydrogen) atoms. The second-order valence-corrected chi connectivity index (χ2v) is 11.5. The number of thioether (sulfide) groups is 2. The molecule has 3 atom stereocenters. The van der Waals surface area contributed by atoms with Crippen molar-refractivity contribution in [3.05, 3.63) is 46.7 Å². The number of carbonyl (C=O) groups is 4. The number of aliphatic carboxylic acids is 1. The Bertz CT molecular complexity index is 1410. The number of fused-ring (bicyclic) bond motifs is 1. The fourth-order valence-corrected chi connectivity index (χ4v) is 6.84. The number of hydrogen-bond donors (Lipinski definition) is 4. The van der Waals surface area contributed by atoms with Gasteiger partial charge in [0.15, 0.2) is 23.6 Å². The van der Waals surface area contributed by atoms with Crippen molar-refractivity contribution >= 4 is 69.4 Å². The number of rotatable bonds is 9. The number of carboxylic acid groups (broad SMARTS) is 1. The number of amides is 3. The first kappa shape index (κ1) is 27.0. The summed E-state index contributed by atoms with van der Waals surface area (Å²) in [4.78, 5) is 61.1. The highest BCUT2D eigenvalue weighted by Gasteiger charge is 2.55. The number of nitrogens with zero attached hydrogens (tertiary/aromatic N) is 4. The second kappa shape index (κ2) is 11.2. The van der Waals surface area contributed by atoms with E-state index < -0.39 is 35.3 Å². The monoisotopic (exact) mass is 590 g/mol. The van der Waals surface area contributed by atoms with E-state index in [1.165, 1.54) is 33.8 Å². The van der Waals surface area contributed by atoms with Gasteiger partial charge in [0.1, 0.15) is 22.8 Å². The summed E-state index contributed by atoms with van der Waals surface area (Å²) in [6, 6.07) is 4.71. The second-order valence-electron chi connectivity index (χ2n) is 8.67. The third-order valence-electron chi connectivity index (χ3n) is 6.25. The Morgan fingerprint density at radius 2 is 2.23 bits per heavy atom. The molecule has 3 amide bonds. The number of thiazole rings is 1. The predicted octanol–water partition coefficient (Wildman–Crippen LogP) is -0.217. The highest BCUT2D eigenvalue weighted by Crippen LogP contribution is 2.40. The van der Waals surface area contributed by atoms with Gasteiger partial charge in [0.25, 0.3) is 17.7 Å². The summed E-state index contributed by atoms with van der Waals surface area (Å²) in [7, 11) is 0. The molecule has 5 N–H and O–H groups in total. The van der Waals surface area contributed by atoms with Gasteiger partial charge in [0.05, 0.1) is 0 Å². The Hall–Kier alpha value is -3.63. The minimum atomic E-state index is -1.21. The number of carbonyl (C=O) groups excluding carboxylic acids is 3. The number of nitrogen functional groups attached to an aromatic ring is 1. The van der Waals surface area contributed by atoms with E-state index in [4.69, 9.17) is 10.6 Å². The topological polar surface area (TPSA) is 180 Å². The summed E-state index contributed by atoms with van der Waals surface area (Å²) < 4.78 is 1.93. The van der Waals surface area contributed by atoms with Crippen molar-refractivity contribution in [2.75, 3.05) is 24.3 Å². The average molecular weight is 591 g/mol. The van der Waals surface area contributed by atoms with E-state index >= 15 is 0 Å². The van der Waals surface area contributed by atoms with Crippen molar-refractivity contribution in [2.24, 2.45) is 5.16 Å². The molecule has 0 aliphatic carbocycles. The quantitative estimate of drug-likeness (QED) is 0.100. The van der Waals surface area contributed by atoms with Gasteiger partial charge in [-0.3, -0.25) is 19.3 Å². The highest BCUT2D eigenvalue weighted by atomic mass is 32.2. The van der Waals surface area contributed by atoms with Crippen LogP contribution in [0, 0.1) is 0 Å². The van der Waals surface area contributed by atoms with Crippen LogP contribution < -0.4 is 20.9 Å². The number of nitrogens with two attached hydrogens (primary N) is 1. The Labute approximate surface area is 234 Å². The molecule has 13 nitrogen and oxygen atoms in total. The first-order valence-corrected chi connectivity index (χ1v) is 14.9. The first-order valence-electron chi connectivity index (χ1n) is 11.7. The molecule has 0 radical (unpaired) electrons. The zero-order valence-corrected chi connectivity index (χ0v) is 23.0. The molecule has 3 aliphatic rings. The molecule has 0 aromatic carbocycles. The van der Waals surface area contributed by atoms with Gasteiger partial charge in [-0.2, -0.15) is 4.57 Å².